The Labute approximate surface area is 125 Å². The molecule has 1 aromatic carbocycles. The Bertz CT molecular complexity index is 447. The number of nitrogens with one attached hydrogen (secondary N) is 2. The molecule has 0 saturated heterocycles. The van der Waals surface area contributed by atoms with Crippen molar-refractivity contribution in [2.45, 2.75) is 45.7 Å². The van der Waals surface area contributed by atoms with Gasteiger partial charge >= 0.3 is 0 Å². The van der Waals surface area contributed by atoms with Gasteiger partial charge < -0.3 is 15.4 Å². The van der Waals surface area contributed by atoms with Gasteiger partial charge in [0.1, 0.15) is 11.8 Å². The fourth-order valence-electron chi connectivity index (χ4n) is 1.86. The second-order valence-corrected chi connectivity index (χ2v) is 5.14. The van der Waals surface area contributed by atoms with Gasteiger partial charge in [0.2, 0.25) is 5.91 Å². The molecule has 0 radical (unpaired) electrons. The van der Waals surface area contributed by atoms with Crippen LogP contribution in [-0.4, -0.2) is 25.1 Å². The zero-order chi connectivity index (χ0) is 15.1. The molecule has 0 spiro atoms. The van der Waals surface area contributed by atoms with Gasteiger partial charge in [0.25, 0.3) is 0 Å². The number of amides is 1. The Morgan fingerprint density at radius 2 is 2.00 bits per heavy atom. The molecule has 112 valence electrons. The van der Waals surface area contributed by atoms with Crippen molar-refractivity contribution in [3.8, 4) is 5.75 Å². The number of carbonyl (C=O) groups is 1. The molecule has 0 aromatic heterocycles. The molecule has 5 heteroatoms. The maximum absolute atomic E-state index is 12.1. The van der Waals surface area contributed by atoms with Crippen LogP contribution < -0.4 is 15.4 Å². The number of hydrogen-bond donors (Lipinski definition) is 2. The lowest BCUT2D eigenvalue weighted by molar-refractivity contribution is -0.122. The number of carbonyl (C=O) groups excluding carboxylic acids is 1. The normalized spacial score (nSPS) is 12.1. The molecule has 1 unspecified atom stereocenters. The van der Waals surface area contributed by atoms with Crippen LogP contribution in [-0.2, 0) is 4.79 Å². The van der Waals surface area contributed by atoms with Crippen LogP contribution in [0.1, 0.15) is 33.6 Å². The average Bonchev–Trinajstić information content (AvgIpc) is 2.46. The van der Waals surface area contributed by atoms with Gasteiger partial charge in [0.15, 0.2) is 0 Å². The molecular formula is C15H23ClN2O2. The van der Waals surface area contributed by atoms with Gasteiger partial charge in [-0.05, 0) is 31.9 Å². The van der Waals surface area contributed by atoms with E-state index >= 15 is 0 Å². The van der Waals surface area contributed by atoms with Crippen LogP contribution in [0.4, 0.5) is 5.69 Å². The van der Waals surface area contributed by atoms with Gasteiger partial charge in [0, 0.05) is 12.1 Å². The minimum absolute atomic E-state index is 0.0300. The second-order valence-electron chi connectivity index (χ2n) is 4.73. The molecule has 0 aliphatic carbocycles. The van der Waals surface area contributed by atoms with Crippen molar-refractivity contribution in [1.82, 2.24) is 5.32 Å². The quantitative estimate of drug-likeness (QED) is 0.810. The van der Waals surface area contributed by atoms with Crippen molar-refractivity contribution in [2.24, 2.45) is 0 Å². The standard InChI is InChI=1S/C15H23ClN2O2/c1-5-11(6-2)18-15(19)10(3)17-14-9-12(20-4)7-8-13(14)16/h7-11,17H,5-6H2,1-4H3,(H,18,19). The highest BCUT2D eigenvalue weighted by molar-refractivity contribution is 6.33. The topological polar surface area (TPSA) is 50.4 Å². The van der Waals surface area contributed by atoms with Crippen LogP contribution in [0.5, 0.6) is 5.75 Å². The van der Waals surface area contributed by atoms with E-state index in [9.17, 15) is 4.79 Å². The summed E-state index contributed by atoms with van der Waals surface area (Å²) in [6.45, 7) is 5.93. The zero-order valence-corrected chi connectivity index (χ0v) is 13.3. The molecule has 1 rings (SSSR count). The van der Waals surface area contributed by atoms with E-state index in [4.69, 9.17) is 16.3 Å². The Hall–Kier alpha value is -1.42. The average molecular weight is 299 g/mol. The van der Waals surface area contributed by atoms with Crippen molar-refractivity contribution in [3.63, 3.8) is 0 Å². The van der Waals surface area contributed by atoms with Crippen LogP contribution in [0.2, 0.25) is 5.02 Å². The number of hydrogen-bond acceptors (Lipinski definition) is 3. The highest BCUT2D eigenvalue weighted by Gasteiger charge is 2.16. The summed E-state index contributed by atoms with van der Waals surface area (Å²) in [5.74, 6) is 0.669. The first-order valence-electron chi connectivity index (χ1n) is 6.92. The molecular weight excluding hydrogens is 276 g/mol. The summed E-state index contributed by atoms with van der Waals surface area (Å²) in [6.07, 6.45) is 1.85. The SMILES string of the molecule is CCC(CC)NC(=O)C(C)Nc1cc(OC)ccc1Cl. The van der Waals surface area contributed by atoms with E-state index in [1.54, 1.807) is 25.3 Å². The van der Waals surface area contributed by atoms with E-state index in [-0.39, 0.29) is 18.0 Å². The van der Waals surface area contributed by atoms with Crippen molar-refractivity contribution < 1.29 is 9.53 Å². The van der Waals surface area contributed by atoms with E-state index in [0.29, 0.717) is 16.5 Å². The molecule has 2 N–H and O–H groups in total. The van der Waals surface area contributed by atoms with Crippen LogP contribution in [0, 0.1) is 0 Å². The Morgan fingerprint density at radius 1 is 1.35 bits per heavy atom. The third kappa shape index (κ3) is 4.60. The maximum Gasteiger partial charge on any atom is 0.242 e. The number of anilines is 1. The Kier molecular flexibility index (Phi) is 6.65. The first kappa shape index (κ1) is 16.6. The summed E-state index contributed by atoms with van der Waals surface area (Å²) in [5.41, 5.74) is 0.693. The summed E-state index contributed by atoms with van der Waals surface area (Å²) in [4.78, 5) is 12.1. The molecule has 1 amide bonds. The minimum atomic E-state index is -0.361. The lowest BCUT2D eigenvalue weighted by Gasteiger charge is -2.20. The minimum Gasteiger partial charge on any atom is -0.497 e. The van der Waals surface area contributed by atoms with E-state index in [1.807, 2.05) is 6.92 Å². The fourth-order valence-corrected chi connectivity index (χ4v) is 2.03. The maximum atomic E-state index is 12.1. The molecule has 0 bridgehead atoms. The van der Waals surface area contributed by atoms with Gasteiger partial charge in [0.05, 0.1) is 17.8 Å². The number of methoxy groups -OCH3 is 1. The highest BCUT2D eigenvalue weighted by Crippen LogP contribution is 2.27. The number of rotatable bonds is 7. The number of ether oxygens (including phenoxy) is 1. The van der Waals surface area contributed by atoms with Crippen LogP contribution >= 0.6 is 11.6 Å². The van der Waals surface area contributed by atoms with E-state index < -0.39 is 0 Å². The smallest absolute Gasteiger partial charge is 0.242 e. The second kappa shape index (κ2) is 8.00. The molecule has 0 fully saturated rings. The van der Waals surface area contributed by atoms with E-state index in [1.165, 1.54) is 0 Å². The van der Waals surface area contributed by atoms with E-state index in [2.05, 4.69) is 24.5 Å². The lowest BCUT2D eigenvalue weighted by Crippen LogP contribution is -2.42. The summed E-state index contributed by atoms with van der Waals surface area (Å²) in [6, 6.07) is 5.16. The lowest BCUT2D eigenvalue weighted by atomic mass is 10.1. The molecule has 1 aromatic rings. The highest BCUT2D eigenvalue weighted by atomic mass is 35.5. The van der Waals surface area contributed by atoms with Gasteiger partial charge in [-0.3, -0.25) is 4.79 Å². The third-order valence-corrected chi connectivity index (χ3v) is 3.60. The fraction of sp³-hybridized carbons (Fsp3) is 0.533. The first-order valence-corrected chi connectivity index (χ1v) is 7.30. The van der Waals surface area contributed by atoms with Crippen molar-refractivity contribution in [1.29, 1.82) is 0 Å². The molecule has 1 atom stereocenters. The predicted octanol–water partition coefficient (Wildman–Crippen LogP) is 3.45. The van der Waals surface area contributed by atoms with Gasteiger partial charge in [-0.1, -0.05) is 25.4 Å². The Balaban J connectivity index is 2.70. The summed E-state index contributed by atoms with van der Waals surface area (Å²) in [7, 11) is 1.59. The van der Waals surface area contributed by atoms with Crippen LogP contribution in [0.15, 0.2) is 18.2 Å². The summed E-state index contributed by atoms with van der Waals surface area (Å²) >= 11 is 6.11. The summed E-state index contributed by atoms with van der Waals surface area (Å²) < 4.78 is 5.15. The van der Waals surface area contributed by atoms with Crippen molar-refractivity contribution in [2.75, 3.05) is 12.4 Å². The first-order chi connectivity index (χ1) is 9.51. The third-order valence-electron chi connectivity index (χ3n) is 3.27. The van der Waals surface area contributed by atoms with Crippen LogP contribution in [0.25, 0.3) is 0 Å². The van der Waals surface area contributed by atoms with Crippen molar-refractivity contribution in [3.05, 3.63) is 23.2 Å². The Morgan fingerprint density at radius 3 is 2.55 bits per heavy atom. The molecule has 0 aliphatic rings. The number of benzene rings is 1. The summed E-state index contributed by atoms with van der Waals surface area (Å²) in [5, 5.41) is 6.69. The zero-order valence-electron chi connectivity index (χ0n) is 12.5. The molecule has 0 saturated carbocycles. The molecule has 20 heavy (non-hydrogen) atoms. The van der Waals surface area contributed by atoms with Crippen LogP contribution in [0.3, 0.4) is 0 Å². The predicted molar refractivity (Wildman–Crippen MR) is 83.6 cm³/mol. The molecule has 0 heterocycles. The van der Waals surface area contributed by atoms with Gasteiger partial charge in [-0.2, -0.15) is 0 Å². The molecule has 0 aliphatic heterocycles. The number of halogens is 1. The van der Waals surface area contributed by atoms with Gasteiger partial charge in [-0.15, -0.1) is 0 Å². The monoisotopic (exact) mass is 298 g/mol. The largest absolute Gasteiger partial charge is 0.497 e. The van der Waals surface area contributed by atoms with Crippen molar-refractivity contribution >= 4 is 23.2 Å². The van der Waals surface area contributed by atoms with E-state index in [0.717, 1.165) is 12.8 Å². The van der Waals surface area contributed by atoms with Gasteiger partial charge in [-0.25, -0.2) is 0 Å². The molecule has 4 nitrogen and oxygen atoms in total.